The van der Waals surface area contributed by atoms with Crippen LogP contribution in [-0.4, -0.2) is 26.3 Å². The Morgan fingerprint density at radius 1 is 1.11 bits per heavy atom. The predicted octanol–water partition coefficient (Wildman–Crippen LogP) is 4.51. The van der Waals surface area contributed by atoms with E-state index >= 15 is 0 Å². The van der Waals surface area contributed by atoms with Crippen LogP contribution in [0.4, 0.5) is 11.4 Å². The highest BCUT2D eigenvalue weighted by molar-refractivity contribution is 6.31. The molecule has 0 atom stereocenters. The summed E-state index contributed by atoms with van der Waals surface area (Å²) in [5.41, 5.74) is 5.36. The third kappa shape index (κ3) is 3.73. The molecule has 2 heterocycles. The summed E-state index contributed by atoms with van der Waals surface area (Å²) >= 11 is 6.25. The minimum atomic E-state index is -0.336. The summed E-state index contributed by atoms with van der Waals surface area (Å²) in [5.74, 6) is 0. The summed E-state index contributed by atoms with van der Waals surface area (Å²) in [4.78, 5) is 14.4. The van der Waals surface area contributed by atoms with Crippen LogP contribution in [-0.2, 0) is 11.3 Å². The van der Waals surface area contributed by atoms with Crippen LogP contribution >= 0.6 is 11.6 Å². The Morgan fingerprint density at radius 2 is 1.89 bits per heavy atom. The maximum atomic E-state index is 12.1. The summed E-state index contributed by atoms with van der Waals surface area (Å²) in [6.07, 6.45) is 0. The first kappa shape index (κ1) is 18.8. The molecule has 4 rings (SSSR count). The zero-order chi connectivity index (χ0) is 19.7. The number of nitrogens with one attached hydrogen (secondary N) is 1. The van der Waals surface area contributed by atoms with Gasteiger partial charge in [-0.05, 0) is 48.7 Å². The molecule has 0 bridgehead atoms. The van der Waals surface area contributed by atoms with Gasteiger partial charge in [0.25, 0.3) is 0 Å². The van der Waals surface area contributed by atoms with Crippen LogP contribution in [0, 0.1) is 13.8 Å². The second-order valence-electron chi connectivity index (χ2n) is 7.09. The van der Waals surface area contributed by atoms with Gasteiger partial charge in [0.15, 0.2) is 0 Å². The van der Waals surface area contributed by atoms with Crippen molar-refractivity contribution in [2.45, 2.75) is 20.4 Å². The maximum Gasteiger partial charge on any atom is 0.336 e. The van der Waals surface area contributed by atoms with Crippen molar-refractivity contribution in [2.75, 3.05) is 36.5 Å². The summed E-state index contributed by atoms with van der Waals surface area (Å²) in [6, 6.07) is 11.5. The maximum absolute atomic E-state index is 12.1. The molecule has 1 aliphatic heterocycles. The SMILES string of the molecule is Cc1ccc2c(CNc3cc(Cl)ccc3N3CCOCC3)cc(=O)oc2c1C. The average Bonchev–Trinajstić information content (AvgIpc) is 2.70. The van der Waals surface area contributed by atoms with Gasteiger partial charge in [-0.2, -0.15) is 0 Å². The molecule has 0 saturated carbocycles. The largest absolute Gasteiger partial charge is 0.422 e. The second-order valence-corrected chi connectivity index (χ2v) is 7.53. The molecule has 28 heavy (non-hydrogen) atoms. The molecular formula is C22H23ClN2O3. The molecule has 0 radical (unpaired) electrons. The van der Waals surface area contributed by atoms with Crippen molar-refractivity contribution in [1.82, 2.24) is 0 Å². The number of hydrogen-bond donors (Lipinski definition) is 1. The summed E-state index contributed by atoms with van der Waals surface area (Å²) < 4.78 is 10.9. The normalized spacial score (nSPS) is 14.5. The van der Waals surface area contributed by atoms with Crippen molar-refractivity contribution < 1.29 is 9.15 Å². The third-order valence-corrected chi connectivity index (χ3v) is 5.53. The molecule has 0 aliphatic carbocycles. The van der Waals surface area contributed by atoms with E-state index in [1.54, 1.807) is 6.07 Å². The zero-order valence-electron chi connectivity index (χ0n) is 16.0. The van der Waals surface area contributed by atoms with Gasteiger partial charge in [-0.3, -0.25) is 0 Å². The number of benzene rings is 2. The number of nitrogens with zero attached hydrogens (tertiary/aromatic N) is 1. The summed E-state index contributed by atoms with van der Waals surface area (Å²) in [7, 11) is 0. The van der Waals surface area contributed by atoms with E-state index in [2.05, 4.69) is 16.3 Å². The lowest BCUT2D eigenvalue weighted by Crippen LogP contribution is -2.36. The van der Waals surface area contributed by atoms with E-state index in [0.717, 1.165) is 46.5 Å². The van der Waals surface area contributed by atoms with Crippen LogP contribution in [0.25, 0.3) is 11.0 Å². The van der Waals surface area contributed by atoms with Gasteiger partial charge in [-0.1, -0.05) is 23.7 Å². The standard InChI is InChI=1S/C22H23ClN2O3/c1-14-3-5-18-16(11-21(26)28-22(18)15(14)2)13-24-19-12-17(23)4-6-20(19)25-7-9-27-10-8-25/h3-6,11-12,24H,7-10,13H2,1-2H3. The van der Waals surface area contributed by atoms with Crippen molar-refractivity contribution in [3.63, 3.8) is 0 Å². The Kier molecular flexibility index (Phi) is 5.29. The molecule has 0 unspecified atom stereocenters. The van der Waals surface area contributed by atoms with Gasteiger partial charge in [0.05, 0.1) is 24.6 Å². The molecule has 1 fully saturated rings. The minimum absolute atomic E-state index is 0.336. The number of fused-ring (bicyclic) bond motifs is 1. The Balaban J connectivity index is 1.68. The van der Waals surface area contributed by atoms with E-state index in [1.165, 1.54) is 0 Å². The highest BCUT2D eigenvalue weighted by atomic mass is 35.5. The molecule has 1 saturated heterocycles. The first-order chi connectivity index (χ1) is 13.5. The lowest BCUT2D eigenvalue weighted by atomic mass is 10.0. The smallest absolute Gasteiger partial charge is 0.336 e. The van der Waals surface area contributed by atoms with Crippen molar-refractivity contribution in [3.05, 3.63) is 68.5 Å². The van der Waals surface area contributed by atoms with E-state index < -0.39 is 0 Å². The van der Waals surface area contributed by atoms with Gasteiger partial charge < -0.3 is 19.4 Å². The monoisotopic (exact) mass is 398 g/mol. The van der Waals surface area contributed by atoms with E-state index in [4.69, 9.17) is 20.8 Å². The number of aryl methyl sites for hydroxylation is 2. The van der Waals surface area contributed by atoms with Crippen LogP contribution in [0.2, 0.25) is 5.02 Å². The zero-order valence-corrected chi connectivity index (χ0v) is 16.8. The molecule has 146 valence electrons. The molecular weight excluding hydrogens is 376 g/mol. The van der Waals surface area contributed by atoms with Gasteiger partial charge in [0.2, 0.25) is 0 Å². The van der Waals surface area contributed by atoms with Crippen LogP contribution in [0.1, 0.15) is 16.7 Å². The molecule has 0 spiro atoms. The van der Waals surface area contributed by atoms with Gasteiger partial charge in [-0.15, -0.1) is 0 Å². The van der Waals surface area contributed by atoms with Crippen LogP contribution in [0.5, 0.6) is 0 Å². The van der Waals surface area contributed by atoms with Gasteiger partial charge in [-0.25, -0.2) is 4.79 Å². The van der Waals surface area contributed by atoms with Crippen molar-refractivity contribution in [3.8, 4) is 0 Å². The lowest BCUT2D eigenvalue weighted by molar-refractivity contribution is 0.123. The van der Waals surface area contributed by atoms with Crippen molar-refractivity contribution in [2.24, 2.45) is 0 Å². The van der Waals surface area contributed by atoms with E-state index in [0.29, 0.717) is 30.4 Å². The second kappa shape index (κ2) is 7.86. The Morgan fingerprint density at radius 3 is 2.68 bits per heavy atom. The molecule has 6 heteroatoms. The average molecular weight is 399 g/mol. The number of hydrogen-bond acceptors (Lipinski definition) is 5. The lowest BCUT2D eigenvalue weighted by Gasteiger charge is -2.31. The summed E-state index contributed by atoms with van der Waals surface area (Å²) in [5, 5.41) is 5.09. The van der Waals surface area contributed by atoms with E-state index in [9.17, 15) is 4.79 Å². The molecule has 1 aromatic heterocycles. The van der Waals surface area contributed by atoms with Gasteiger partial charge in [0.1, 0.15) is 5.58 Å². The predicted molar refractivity (Wildman–Crippen MR) is 114 cm³/mol. The molecule has 1 aliphatic rings. The van der Waals surface area contributed by atoms with Gasteiger partial charge in [0, 0.05) is 36.1 Å². The van der Waals surface area contributed by atoms with Crippen LogP contribution < -0.4 is 15.8 Å². The first-order valence-corrected chi connectivity index (χ1v) is 9.80. The third-order valence-electron chi connectivity index (χ3n) is 5.30. The van der Waals surface area contributed by atoms with Gasteiger partial charge >= 0.3 is 5.63 Å². The molecule has 5 nitrogen and oxygen atoms in total. The quantitative estimate of drug-likeness (QED) is 0.655. The number of anilines is 2. The number of ether oxygens (including phenoxy) is 1. The molecule has 2 aromatic carbocycles. The van der Waals surface area contributed by atoms with Crippen LogP contribution in [0.3, 0.4) is 0 Å². The first-order valence-electron chi connectivity index (χ1n) is 9.42. The fraction of sp³-hybridized carbons (Fsp3) is 0.318. The topological polar surface area (TPSA) is 54.7 Å². The Labute approximate surface area is 168 Å². The highest BCUT2D eigenvalue weighted by Gasteiger charge is 2.16. The van der Waals surface area contributed by atoms with Crippen molar-refractivity contribution >= 4 is 33.9 Å². The number of halogens is 1. The molecule has 1 N–H and O–H groups in total. The number of morpholine rings is 1. The van der Waals surface area contributed by atoms with E-state index in [-0.39, 0.29) is 5.63 Å². The van der Waals surface area contributed by atoms with E-state index in [1.807, 2.05) is 38.1 Å². The molecule has 3 aromatic rings. The molecule has 0 amide bonds. The Hall–Kier alpha value is -2.50. The number of rotatable bonds is 4. The highest BCUT2D eigenvalue weighted by Crippen LogP contribution is 2.31. The van der Waals surface area contributed by atoms with Crippen LogP contribution in [0.15, 0.2) is 45.6 Å². The summed E-state index contributed by atoms with van der Waals surface area (Å²) in [6.45, 7) is 7.60. The fourth-order valence-corrected chi connectivity index (χ4v) is 3.76. The Bertz CT molecular complexity index is 1070. The fourth-order valence-electron chi connectivity index (χ4n) is 3.59. The minimum Gasteiger partial charge on any atom is -0.422 e. The van der Waals surface area contributed by atoms with Crippen molar-refractivity contribution in [1.29, 1.82) is 0 Å².